The molecule has 2 aromatic heterocycles. The molecule has 2 aromatic carbocycles. The number of hydrogen-bond acceptors (Lipinski definition) is 4. The maximum atomic E-state index is 12.6. The Morgan fingerprint density at radius 3 is 2.66 bits per heavy atom. The fraction of sp³-hybridized carbons (Fsp3) is 0.190. The number of halogens is 2. The zero-order valence-electron chi connectivity index (χ0n) is 16.1. The van der Waals surface area contributed by atoms with E-state index in [2.05, 4.69) is 15.4 Å². The van der Waals surface area contributed by atoms with Gasteiger partial charge in [0.05, 0.1) is 27.8 Å². The van der Waals surface area contributed by atoms with Gasteiger partial charge >= 0.3 is 0 Å². The fourth-order valence-electron chi connectivity index (χ4n) is 3.29. The standard InChI is InChI=1S/C21H18Cl2N4O2/c1-11-16(12(2)27(26-11)15-5-6-17(22)18(23)9-15)10-21(28)25-14-4-7-20-19(8-14)24-13(3)29-20/h4-9H,10H2,1-3H3,(H,25,28). The fourth-order valence-corrected chi connectivity index (χ4v) is 3.58. The maximum absolute atomic E-state index is 12.6. The molecule has 0 aliphatic heterocycles. The molecule has 0 radical (unpaired) electrons. The lowest BCUT2D eigenvalue weighted by atomic mass is 10.1. The molecular formula is C21H18Cl2N4O2. The second kappa shape index (κ2) is 7.54. The van der Waals surface area contributed by atoms with E-state index < -0.39 is 0 Å². The molecule has 2 heterocycles. The molecule has 0 spiro atoms. The van der Waals surface area contributed by atoms with Gasteiger partial charge in [-0.1, -0.05) is 23.2 Å². The summed E-state index contributed by atoms with van der Waals surface area (Å²) in [5.74, 6) is 0.453. The molecule has 0 unspecified atom stereocenters. The van der Waals surface area contributed by atoms with Crippen LogP contribution >= 0.6 is 23.2 Å². The van der Waals surface area contributed by atoms with Gasteiger partial charge in [-0.3, -0.25) is 4.79 Å². The van der Waals surface area contributed by atoms with Crippen LogP contribution in [0.25, 0.3) is 16.8 Å². The number of fused-ring (bicyclic) bond motifs is 1. The minimum Gasteiger partial charge on any atom is -0.441 e. The van der Waals surface area contributed by atoms with Gasteiger partial charge in [0, 0.05) is 23.9 Å². The van der Waals surface area contributed by atoms with Gasteiger partial charge in [-0.05, 0) is 50.2 Å². The Bertz CT molecular complexity index is 1240. The number of nitrogens with zero attached hydrogens (tertiary/aromatic N) is 3. The van der Waals surface area contributed by atoms with Gasteiger partial charge in [0.1, 0.15) is 5.52 Å². The van der Waals surface area contributed by atoms with Gasteiger partial charge in [0.2, 0.25) is 5.91 Å². The summed E-state index contributed by atoms with van der Waals surface area (Å²) in [6.07, 6.45) is 0.203. The Labute approximate surface area is 177 Å². The summed E-state index contributed by atoms with van der Waals surface area (Å²) in [7, 11) is 0. The van der Waals surface area contributed by atoms with Crippen molar-refractivity contribution in [1.82, 2.24) is 14.8 Å². The van der Waals surface area contributed by atoms with Crippen molar-refractivity contribution in [2.75, 3.05) is 5.32 Å². The predicted molar refractivity (Wildman–Crippen MR) is 114 cm³/mol. The van der Waals surface area contributed by atoms with E-state index in [0.29, 0.717) is 32.7 Å². The van der Waals surface area contributed by atoms with Crippen molar-refractivity contribution < 1.29 is 9.21 Å². The minimum atomic E-state index is -0.135. The summed E-state index contributed by atoms with van der Waals surface area (Å²) in [6.45, 7) is 5.60. The van der Waals surface area contributed by atoms with E-state index in [1.54, 1.807) is 41.9 Å². The van der Waals surface area contributed by atoms with Crippen LogP contribution in [0.1, 0.15) is 22.8 Å². The number of anilines is 1. The van der Waals surface area contributed by atoms with Crippen molar-refractivity contribution >= 4 is 45.9 Å². The van der Waals surface area contributed by atoms with E-state index in [4.69, 9.17) is 27.6 Å². The maximum Gasteiger partial charge on any atom is 0.228 e. The van der Waals surface area contributed by atoms with Crippen molar-refractivity contribution in [3.05, 3.63) is 69.3 Å². The largest absolute Gasteiger partial charge is 0.441 e. The van der Waals surface area contributed by atoms with Crippen molar-refractivity contribution in [3.63, 3.8) is 0 Å². The first-order valence-electron chi connectivity index (χ1n) is 8.99. The highest BCUT2D eigenvalue weighted by atomic mass is 35.5. The van der Waals surface area contributed by atoms with Gasteiger partial charge in [-0.2, -0.15) is 5.10 Å². The molecule has 8 heteroatoms. The third-order valence-corrected chi connectivity index (χ3v) is 5.44. The lowest BCUT2D eigenvalue weighted by molar-refractivity contribution is -0.115. The highest BCUT2D eigenvalue weighted by molar-refractivity contribution is 6.42. The van der Waals surface area contributed by atoms with Crippen molar-refractivity contribution in [1.29, 1.82) is 0 Å². The highest BCUT2D eigenvalue weighted by Crippen LogP contribution is 2.26. The zero-order chi connectivity index (χ0) is 20.7. The number of nitrogens with one attached hydrogen (secondary N) is 1. The number of hydrogen-bond donors (Lipinski definition) is 1. The van der Waals surface area contributed by atoms with Gasteiger partial charge in [0.25, 0.3) is 0 Å². The lowest BCUT2D eigenvalue weighted by Crippen LogP contribution is -2.15. The van der Waals surface area contributed by atoms with Crippen LogP contribution < -0.4 is 5.32 Å². The molecule has 1 amide bonds. The lowest BCUT2D eigenvalue weighted by Gasteiger charge is -2.08. The van der Waals surface area contributed by atoms with Gasteiger partial charge in [-0.15, -0.1) is 0 Å². The van der Waals surface area contributed by atoms with E-state index in [1.165, 1.54) is 0 Å². The average Bonchev–Trinajstić information content (AvgIpc) is 3.17. The molecule has 0 saturated heterocycles. The third kappa shape index (κ3) is 3.86. The van der Waals surface area contributed by atoms with Crippen LogP contribution in [0.3, 0.4) is 0 Å². The minimum absolute atomic E-state index is 0.135. The average molecular weight is 429 g/mol. The molecule has 29 heavy (non-hydrogen) atoms. The molecule has 0 saturated carbocycles. The van der Waals surface area contributed by atoms with E-state index in [9.17, 15) is 4.79 Å². The summed E-state index contributed by atoms with van der Waals surface area (Å²) in [5, 5.41) is 8.42. The molecular weight excluding hydrogens is 411 g/mol. The topological polar surface area (TPSA) is 73.0 Å². The molecule has 4 aromatic rings. The molecule has 4 rings (SSSR count). The first kappa shape index (κ1) is 19.5. The number of rotatable bonds is 4. The first-order valence-corrected chi connectivity index (χ1v) is 9.75. The molecule has 0 fully saturated rings. The van der Waals surface area contributed by atoms with Crippen molar-refractivity contribution in [3.8, 4) is 5.69 Å². The Balaban J connectivity index is 1.56. The van der Waals surface area contributed by atoms with Crippen molar-refractivity contribution in [2.45, 2.75) is 27.2 Å². The predicted octanol–water partition coefficient (Wildman–Crippen LogP) is 5.43. The van der Waals surface area contributed by atoms with E-state index in [0.717, 1.165) is 22.6 Å². The summed E-state index contributed by atoms with van der Waals surface area (Å²) in [4.78, 5) is 16.9. The molecule has 0 atom stereocenters. The number of benzene rings is 2. The third-order valence-electron chi connectivity index (χ3n) is 4.70. The van der Waals surface area contributed by atoms with Crippen LogP contribution in [0.15, 0.2) is 40.8 Å². The van der Waals surface area contributed by atoms with Crippen LogP contribution in [0, 0.1) is 20.8 Å². The van der Waals surface area contributed by atoms with Crippen LogP contribution in [0.2, 0.25) is 10.0 Å². The summed E-state index contributed by atoms with van der Waals surface area (Å²) >= 11 is 12.1. The Morgan fingerprint density at radius 1 is 1.10 bits per heavy atom. The Kier molecular flexibility index (Phi) is 5.06. The Morgan fingerprint density at radius 2 is 1.90 bits per heavy atom. The van der Waals surface area contributed by atoms with Crippen LogP contribution in [-0.4, -0.2) is 20.7 Å². The first-order chi connectivity index (χ1) is 13.8. The summed E-state index contributed by atoms with van der Waals surface area (Å²) < 4.78 is 7.23. The Hall–Kier alpha value is -2.83. The number of amides is 1. The molecule has 148 valence electrons. The summed E-state index contributed by atoms with van der Waals surface area (Å²) in [5.41, 5.74) is 5.38. The van der Waals surface area contributed by atoms with E-state index in [-0.39, 0.29) is 12.3 Å². The number of carbonyl (C=O) groups excluding carboxylic acids is 1. The second-order valence-corrected chi connectivity index (χ2v) is 7.61. The highest BCUT2D eigenvalue weighted by Gasteiger charge is 2.17. The summed E-state index contributed by atoms with van der Waals surface area (Å²) in [6, 6.07) is 10.7. The SMILES string of the molecule is Cc1nc2cc(NC(=O)Cc3c(C)nn(-c4ccc(Cl)c(Cl)c4)c3C)ccc2o1. The smallest absolute Gasteiger partial charge is 0.228 e. The number of aryl methyl sites for hydroxylation is 2. The van der Waals surface area contributed by atoms with E-state index in [1.807, 2.05) is 19.9 Å². The van der Waals surface area contributed by atoms with Crippen LogP contribution in [0.5, 0.6) is 0 Å². The van der Waals surface area contributed by atoms with Crippen molar-refractivity contribution in [2.24, 2.45) is 0 Å². The van der Waals surface area contributed by atoms with Crippen LogP contribution in [-0.2, 0) is 11.2 Å². The number of carbonyl (C=O) groups is 1. The number of aromatic nitrogens is 3. The normalized spacial score (nSPS) is 11.2. The molecule has 0 bridgehead atoms. The zero-order valence-corrected chi connectivity index (χ0v) is 17.6. The second-order valence-electron chi connectivity index (χ2n) is 6.80. The van der Waals surface area contributed by atoms with E-state index >= 15 is 0 Å². The van der Waals surface area contributed by atoms with Gasteiger partial charge in [0.15, 0.2) is 11.5 Å². The van der Waals surface area contributed by atoms with Gasteiger partial charge < -0.3 is 9.73 Å². The quantitative estimate of drug-likeness (QED) is 0.470. The molecule has 0 aliphatic rings. The monoisotopic (exact) mass is 428 g/mol. The number of oxazole rings is 1. The van der Waals surface area contributed by atoms with Gasteiger partial charge in [-0.25, -0.2) is 9.67 Å². The molecule has 1 N–H and O–H groups in total. The molecule has 0 aliphatic carbocycles. The van der Waals surface area contributed by atoms with Crippen LogP contribution in [0.4, 0.5) is 5.69 Å². The molecule has 6 nitrogen and oxygen atoms in total.